The van der Waals surface area contributed by atoms with E-state index in [0.717, 1.165) is 6.26 Å². The summed E-state index contributed by atoms with van der Waals surface area (Å²) in [5.74, 6) is -1.05. The number of carbonyl (C=O) groups excluding carboxylic acids is 4. The van der Waals surface area contributed by atoms with Crippen LogP contribution in [0.15, 0.2) is 48.5 Å². The van der Waals surface area contributed by atoms with E-state index in [1.807, 2.05) is 0 Å². The summed E-state index contributed by atoms with van der Waals surface area (Å²) in [6.07, 6.45) is 3.46. The van der Waals surface area contributed by atoms with Gasteiger partial charge in [-0.05, 0) is 62.8 Å². The molecule has 200 valence electrons. The quantitative estimate of drug-likeness (QED) is 0.461. The SMILES string of the molecule is CS(=O)(=O)OC1CCC(N2C(=O)c3ccccc3C2=O)C1.O=C1c2ccccc2C(=O)N1C1CCC(O)C1. The highest BCUT2D eigenvalue weighted by Crippen LogP contribution is 2.34. The van der Waals surface area contributed by atoms with Crippen molar-refractivity contribution < 1.29 is 36.9 Å². The van der Waals surface area contributed by atoms with Crippen molar-refractivity contribution in [2.75, 3.05) is 6.26 Å². The summed E-state index contributed by atoms with van der Waals surface area (Å²) in [6.45, 7) is 0. The van der Waals surface area contributed by atoms with Gasteiger partial charge in [0, 0.05) is 12.1 Å². The van der Waals surface area contributed by atoms with E-state index in [9.17, 15) is 32.7 Å². The number of aliphatic hydroxyl groups excluding tert-OH is 1. The highest BCUT2D eigenvalue weighted by atomic mass is 32.2. The number of hydrogen-bond acceptors (Lipinski definition) is 8. The van der Waals surface area contributed by atoms with Gasteiger partial charge in [0.05, 0.1) is 40.7 Å². The molecule has 2 saturated carbocycles. The van der Waals surface area contributed by atoms with Crippen LogP contribution in [-0.2, 0) is 14.3 Å². The predicted octanol–water partition coefficient (Wildman–Crippen LogP) is 2.38. The van der Waals surface area contributed by atoms with Crippen LogP contribution in [-0.4, -0.2) is 77.5 Å². The highest BCUT2D eigenvalue weighted by molar-refractivity contribution is 7.86. The Morgan fingerprint density at radius 3 is 1.45 bits per heavy atom. The maximum atomic E-state index is 12.3. The van der Waals surface area contributed by atoms with Gasteiger partial charge in [-0.3, -0.25) is 33.2 Å². The van der Waals surface area contributed by atoms with E-state index in [0.29, 0.717) is 60.8 Å². The molecule has 0 bridgehead atoms. The van der Waals surface area contributed by atoms with E-state index < -0.39 is 16.2 Å². The van der Waals surface area contributed by atoms with Gasteiger partial charge in [-0.1, -0.05) is 24.3 Å². The van der Waals surface area contributed by atoms with Crippen molar-refractivity contribution in [2.45, 2.75) is 62.8 Å². The van der Waals surface area contributed by atoms with Crippen molar-refractivity contribution in [3.05, 3.63) is 70.8 Å². The smallest absolute Gasteiger partial charge is 0.264 e. The molecule has 2 aliphatic heterocycles. The van der Waals surface area contributed by atoms with Crippen molar-refractivity contribution in [1.82, 2.24) is 9.80 Å². The van der Waals surface area contributed by atoms with Gasteiger partial charge >= 0.3 is 0 Å². The first-order valence-electron chi connectivity index (χ1n) is 12.6. The third-order valence-corrected chi connectivity index (χ3v) is 8.05. The lowest BCUT2D eigenvalue weighted by Gasteiger charge is -2.21. The monoisotopic (exact) mass is 540 g/mol. The number of amides is 4. The standard InChI is InChI=1S/C14H15NO5S.C13H13NO3/c1-21(18,19)20-10-7-6-9(8-10)15-13(16)11-4-2-3-5-12(11)14(15)17;15-9-6-5-8(7-9)14-12(16)10-3-1-2-4-11(10)13(14)17/h2-5,9-10H,6-8H2,1H3;1-4,8-9,15H,5-7H2. The molecule has 1 N–H and O–H groups in total. The zero-order chi connectivity index (χ0) is 27.2. The predicted molar refractivity (Wildman–Crippen MR) is 135 cm³/mol. The molecule has 2 aliphatic carbocycles. The molecule has 0 saturated heterocycles. The number of hydrogen-bond donors (Lipinski definition) is 1. The van der Waals surface area contributed by atoms with Crippen LogP contribution in [0.5, 0.6) is 0 Å². The molecule has 2 heterocycles. The molecule has 4 unspecified atom stereocenters. The fourth-order valence-corrected chi connectivity index (χ4v) is 6.40. The third-order valence-electron chi connectivity index (χ3n) is 7.43. The zero-order valence-corrected chi connectivity index (χ0v) is 21.6. The summed E-state index contributed by atoms with van der Waals surface area (Å²) in [4.78, 5) is 51.5. The molecule has 0 aromatic heterocycles. The Bertz CT molecular complexity index is 1350. The van der Waals surface area contributed by atoms with Gasteiger partial charge in [0.1, 0.15) is 0 Å². The average molecular weight is 541 g/mol. The molecule has 10 nitrogen and oxygen atoms in total. The first-order chi connectivity index (χ1) is 18.0. The molecular formula is C27H28N2O8S. The fraction of sp³-hybridized carbons (Fsp3) is 0.407. The van der Waals surface area contributed by atoms with Crippen molar-refractivity contribution in [1.29, 1.82) is 0 Å². The van der Waals surface area contributed by atoms with E-state index in [4.69, 9.17) is 4.18 Å². The molecule has 2 fully saturated rings. The Balaban J connectivity index is 0.000000158. The second kappa shape index (κ2) is 10.0. The summed E-state index contributed by atoms with van der Waals surface area (Å²) in [6, 6.07) is 13.1. The molecule has 6 rings (SSSR count). The maximum absolute atomic E-state index is 12.3. The van der Waals surface area contributed by atoms with E-state index in [1.54, 1.807) is 48.5 Å². The van der Waals surface area contributed by atoms with Crippen LogP contribution in [0.2, 0.25) is 0 Å². The number of imide groups is 2. The van der Waals surface area contributed by atoms with Crippen molar-refractivity contribution in [2.24, 2.45) is 0 Å². The van der Waals surface area contributed by atoms with Crippen LogP contribution in [0.1, 0.15) is 80.0 Å². The molecule has 4 amide bonds. The summed E-state index contributed by atoms with van der Waals surface area (Å²) in [5.41, 5.74) is 1.79. The van der Waals surface area contributed by atoms with Crippen LogP contribution in [0.25, 0.3) is 0 Å². The molecular weight excluding hydrogens is 512 g/mol. The Morgan fingerprint density at radius 2 is 1.08 bits per heavy atom. The second-order valence-corrected chi connectivity index (χ2v) is 11.7. The van der Waals surface area contributed by atoms with Crippen molar-refractivity contribution in [3.8, 4) is 0 Å². The summed E-state index contributed by atoms with van der Waals surface area (Å²) in [5, 5.41) is 9.50. The molecule has 4 aliphatic rings. The zero-order valence-electron chi connectivity index (χ0n) is 20.8. The highest BCUT2D eigenvalue weighted by Gasteiger charge is 2.44. The van der Waals surface area contributed by atoms with E-state index in [1.165, 1.54) is 9.80 Å². The van der Waals surface area contributed by atoms with Gasteiger partial charge in [0.15, 0.2) is 0 Å². The average Bonchev–Trinajstić information content (AvgIpc) is 3.62. The van der Waals surface area contributed by atoms with Crippen LogP contribution in [0.4, 0.5) is 0 Å². The Kier molecular flexibility index (Phi) is 6.93. The van der Waals surface area contributed by atoms with Gasteiger partial charge in [0.2, 0.25) is 0 Å². The molecule has 4 atom stereocenters. The Morgan fingerprint density at radius 1 is 0.684 bits per heavy atom. The lowest BCUT2D eigenvalue weighted by molar-refractivity contribution is 0.0560. The lowest BCUT2D eigenvalue weighted by atomic mass is 10.1. The maximum Gasteiger partial charge on any atom is 0.264 e. The third kappa shape index (κ3) is 4.89. The number of carbonyl (C=O) groups is 4. The van der Waals surface area contributed by atoms with Gasteiger partial charge < -0.3 is 5.11 Å². The number of aliphatic hydroxyl groups is 1. The minimum Gasteiger partial charge on any atom is -0.393 e. The van der Waals surface area contributed by atoms with Crippen LogP contribution in [0.3, 0.4) is 0 Å². The lowest BCUT2D eigenvalue weighted by Crippen LogP contribution is -2.38. The van der Waals surface area contributed by atoms with Crippen LogP contribution < -0.4 is 0 Å². The van der Waals surface area contributed by atoms with Crippen molar-refractivity contribution in [3.63, 3.8) is 0 Å². The molecule has 11 heteroatoms. The van der Waals surface area contributed by atoms with Crippen molar-refractivity contribution >= 4 is 33.7 Å². The number of benzene rings is 2. The first-order valence-corrected chi connectivity index (χ1v) is 14.4. The molecule has 2 aromatic rings. The summed E-state index contributed by atoms with van der Waals surface area (Å²) >= 11 is 0. The topological polar surface area (TPSA) is 138 Å². The Labute approximate surface area is 220 Å². The van der Waals surface area contributed by atoms with E-state index in [-0.39, 0.29) is 41.8 Å². The summed E-state index contributed by atoms with van der Waals surface area (Å²) in [7, 11) is -3.52. The van der Waals surface area contributed by atoms with Crippen LogP contribution >= 0.6 is 0 Å². The van der Waals surface area contributed by atoms with Gasteiger partial charge in [-0.15, -0.1) is 0 Å². The van der Waals surface area contributed by atoms with Gasteiger partial charge in [-0.25, -0.2) is 0 Å². The first kappa shape index (κ1) is 26.2. The fourth-order valence-electron chi connectivity index (χ4n) is 5.73. The molecule has 38 heavy (non-hydrogen) atoms. The normalized spacial score (nSPS) is 26.5. The number of rotatable bonds is 4. The molecule has 0 spiro atoms. The summed E-state index contributed by atoms with van der Waals surface area (Å²) < 4.78 is 27.3. The molecule has 2 aromatic carbocycles. The minimum atomic E-state index is -3.52. The van der Waals surface area contributed by atoms with Gasteiger partial charge in [-0.2, -0.15) is 8.42 Å². The minimum absolute atomic E-state index is 0.141. The number of fused-ring (bicyclic) bond motifs is 2. The largest absolute Gasteiger partial charge is 0.393 e. The molecule has 0 radical (unpaired) electrons. The second-order valence-electron chi connectivity index (χ2n) is 10.1. The number of nitrogens with zero attached hydrogens (tertiary/aromatic N) is 2. The van der Waals surface area contributed by atoms with Crippen LogP contribution in [0, 0.1) is 0 Å². The van der Waals surface area contributed by atoms with Gasteiger partial charge in [0.25, 0.3) is 33.7 Å². The Hall–Kier alpha value is -3.41. The van der Waals surface area contributed by atoms with E-state index >= 15 is 0 Å². The van der Waals surface area contributed by atoms with E-state index in [2.05, 4.69) is 0 Å².